The van der Waals surface area contributed by atoms with E-state index in [1.807, 2.05) is 31.2 Å². The largest absolute Gasteiger partial charge is 0.494 e. The van der Waals surface area contributed by atoms with Gasteiger partial charge in [0.05, 0.1) is 22.5 Å². The maximum absolute atomic E-state index is 5.49. The van der Waals surface area contributed by atoms with Crippen molar-refractivity contribution in [2.45, 2.75) is 17.0 Å². The fourth-order valence-corrected chi connectivity index (χ4v) is 3.64. The summed E-state index contributed by atoms with van der Waals surface area (Å²) in [6.07, 6.45) is 1.59. The van der Waals surface area contributed by atoms with Gasteiger partial charge in [0.15, 0.2) is 4.34 Å². The lowest BCUT2D eigenvalue weighted by atomic mass is 10.3. The maximum atomic E-state index is 5.49. The van der Waals surface area contributed by atoms with Crippen molar-refractivity contribution in [3.8, 4) is 5.75 Å². The molecule has 0 saturated heterocycles. The Morgan fingerprint density at radius 3 is 3.11 bits per heavy atom. The van der Waals surface area contributed by atoms with Crippen LogP contribution in [0, 0.1) is 0 Å². The number of nitrogens with zero attached hydrogens (tertiary/aromatic N) is 2. The Bertz CT molecular complexity index is 664. The Morgan fingerprint density at radius 2 is 2.32 bits per heavy atom. The molecule has 4 nitrogen and oxygen atoms in total. The van der Waals surface area contributed by atoms with Crippen molar-refractivity contribution >= 4 is 33.3 Å². The van der Waals surface area contributed by atoms with Crippen LogP contribution in [0.4, 0.5) is 0 Å². The predicted octanol–water partition coefficient (Wildman–Crippen LogP) is 3.98. The molecule has 2 aromatic heterocycles. The molecule has 0 amide bonds. The average molecular weight is 292 g/mol. The van der Waals surface area contributed by atoms with Crippen molar-refractivity contribution in [3.05, 3.63) is 36.2 Å². The smallest absolute Gasteiger partial charge is 0.151 e. The van der Waals surface area contributed by atoms with Crippen LogP contribution in [0.3, 0.4) is 0 Å². The highest BCUT2D eigenvalue weighted by Gasteiger charge is 2.07. The van der Waals surface area contributed by atoms with E-state index in [1.165, 1.54) is 0 Å². The van der Waals surface area contributed by atoms with E-state index in [-0.39, 0.29) is 0 Å². The summed E-state index contributed by atoms with van der Waals surface area (Å²) in [6.45, 7) is 2.66. The minimum Gasteiger partial charge on any atom is -0.494 e. The number of thioether (sulfide) groups is 1. The van der Waals surface area contributed by atoms with E-state index in [1.54, 1.807) is 29.4 Å². The van der Waals surface area contributed by atoms with Gasteiger partial charge >= 0.3 is 0 Å². The van der Waals surface area contributed by atoms with Gasteiger partial charge in [-0.25, -0.2) is 4.98 Å². The second kappa shape index (κ2) is 5.63. The summed E-state index contributed by atoms with van der Waals surface area (Å²) in [5.41, 5.74) is 1.94. The lowest BCUT2D eigenvalue weighted by molar-refractivity contribution is 0.341. The highest BCUT2D eigenvalue weighted by Crippen LogP contribution is 2.33. The molecule has 0 unspecified atom stereocenters. The predicted molar refractivity (Wildman–Crippen MR) is 76.9 cm³/mol. The van der Waals surface area contributed by atoms with Gasteiger partial charge in [0, 0.05) is 11.8 Å². The molecule has 0 aliphatic rings. The molecule has 0 spiro atoms. The molecule has 0 fully saturated rings. The zero-order valence-corrected chi connectivity index (χ0v) is 12.0. The second-order valence-electron chi connectivity index (χ2n) is 3.82. The van der Waals surface area contributed by atoms with Crippen molar-refractivity contribution in [2.24, 2.45) is 0 Å². The second-order valence-corrected chi connectivity index (χ2v) is 6.07. The summed E-state index contributed by atoms with van der Waals surface area (Å²) in [7, 11) is 0. The molecule has 0 N–H and O–H groups in total. The first-order valence-corrected chi connectivity index (χ1v) is 7.71. The molecule has 0 bridgehead atoms. The van der Waals surface area contributed by atoms with Crippen LogP contribution in [-0.2, 0) is 5.75 Å². The lowest BCUT2D eigenvalue weighted by Crippen LogP contribution is -1.89. The fourth-order valence-electron chi connectivity index (χ4n) is 1.65. The van der Waals surface area contributed by atoms with Gasteiger partial charge in [-0.3, -0.25) is 0 Å². The van der Waals surface area contributed by atoms with Gasteiger partial charge < -0.3 is 9.26 Å². The standard InChI is InChI=1S/C13H12N2O2S2/c1-2-16-10-3-4-11-12(7-10)19-13(14-11)18-8-9-5-6-17-15-9/h3-7H,2,8H2,1H3. The summed E-state index contributed by atoms with van der Waals surface area (Å²) >= 11 is 3.34. The molecule has 98 valence electrons. The summed E-state index contributed by atoms with van der Waals surface area (Å²) in [5, 5.41) is 3.88. The summed E-state index contributed by atoms with van der Waals surface area (Å²) in [6, 6.07) is 7.86. The van der Waals surface area contributed by atoms with E-state index in [2.05, 4.69) is 10.1 Å². The van der Waals surface area contributed by atoms with E-state index < -0.39 is 0 Å². The quantitative estimate of drug-likeness (QED) is 0.666. The van der Waals surface area contributed by atoms with Crippen molar-refractivity contribution in [3.63, 3.8) is 0 Å². The number of ether oxygens (including phenoxy) is 1. The number of rotatable bonds is 5. The fraction of sp³-hybridized carbons (Fsp3) is 0.231. The van der Waals surface area contributed by atoms with Gasteiger partial charge in [-0.05, 0) is 25.1 Å². The van der Waals surface area contributed by atoms with Crippen LogP contribution >= 0.6 is 23.1 Å². The third-order valence-electron chi connectivity index (χ3n) is 2.49. The van der Waals surface area contributed by atoms with Gasteiger partial charge in [-0.1, -0.05) is 16.9 Å². The van der Waals surface area contributed by atoms with Gasteiger partial charge in [0.25, 0.3) is 0 Å². The SMILES string of the molecule is CCOc1ccc2nc(SCc3ccon3)sc2c1. The molecule has 2 heterocycles. The first-order valence-electron chi connectivity index (χ1n) is 5.90. The van der Waals surface area contributed by atoms with Crippen LogP contribution in [0.2, 0.25) is 0 Å². The minimum atomic E-state index is 0.679. The van der Waals surface area contributed by atoms with Crippen LogP contribution in [0.1, 0.15) is 12.6 Å². The molecule has 0 aliphatic carbocycles. The molecule has 0 saturated carbocycles. The topological polar surface area (TPSA) is 48.2 Å². The van der Waals surface area contributed by atoms with Crippen LogP contribution in [0.5, 0.6) is 5.75 Å². The van der Waals surface area contributed by atoms with E-state index >= 15 is 0 Å². The number of hydrogen-bond acceptors (Lipinski definition) is 6. The third kappa shape index (κ3) is 2.90. The third-order valence-corrected chi connectivity index (χ3v) is 4.68. The zero-order valence-electron chi connectivity index (χ0n) is 10.3. The first kappa shape index (κ1) is 12.5. The first-order chi connectivity index (χ1) is 9.35. The molecule has 0 radical (unpaired) electrons. The molecular formula is C13H12N2O2S2. The summed E-state index contributed by atoms with van der Waals surface area (Å²) in [5.74, 6) is 1.67. The highest BCUT2D eigenvalue weighted by molar-refractivity contribution is 8.00. The molecule has 0 aliphatic heterocycles. The zero-order chi connectivity index (χ0) is 13.1. The number of aromatic nitrogens is 2. The van der Waals surface area contributed by atoms with Crippen molar-refractivity contribution < 1.29 is 9.26 Å². The maximum Gasteiger partial charge on any atom is 0.151 e. The lowest BCUT2D eigenvalue weighted by Gasteiger charge is -2.00. The average Bonchev–Trinajstić information content (AvgIpc) is 3.05. The molecule has 6 heteroatoms. The van der Waals surface area contributed by atoms with Gasteiger partial charge in [0.2, 0.25) is 0 Å². The van der Waals surface area contributed by atoms with E-state index in [4.69, 9.17) is 9.26 Å². The van der Waals surface area contributed by atoms with Crippen LogP contribution in [-0.4, -0.2) is 16.7 Å². The van der Waals surface area contributed by atoms with Gasteiger partial charge in [-0.15, -0.1) is 11.3 Å². The number of hydrogen-bond donors (Lipinski definition) is 0. The molecular weight excluding hydrogens is 280 g/mol. The Hall–Kier alpha value is -1.53. The Morgan fingerprint density at radius 1 is 1.37 bits per heavy atom. The van der Waals surface area contributed by atoms with Crippen molar-refractivity contribution in [1.29, 1.82) is 0 Å². The monoisotopic (exact) mass is 292 g/mol. The molecule has 3 aromatic rings. The molecule has 19 heavy (non-hydrogen) atoms. The Labute approximate surface area is 118 Å². The van der Waals surface area contributed by atoms with E-state index in [0.717, 1.165) is 31.8 Å². The van der Waals surface area contributed by atoms with E-state index in [9.17, 15) is 0 Å². The Kier molecular flexibility index (Phi) is 3.70. The minimum absolute atomic E-state index is 0.679. The van der Waals surface area contributed by atoms with E-state index in [0.29, 0.717) is 6.61 Å². The Balaban J connectivity index is 1.77. The molecule has 1 aromatic carbocycles. The molecule has 0 atom stereocenters. The van der Waals surface area contributed by atoms with Crippen LogP contribution < -0.4 is 4.74 Å². The van der Waals surface area contributed by atoms with Crippen LogP contribution in [0.15, 0.2) is 39.4 Å². The summed E-state index contributed by atoms with van der Waals surface area (Å²) < 4.78 is 12.5. The summed E-state index contributed by atoms with van der Waals surface area (Å²) in [4.78, 5) is 4.58. The van der Waals surface area contributed by atoms with Crippen molar-refractivity contribution in [1.82, 2.24) is 10.1 Å². The number of fused-ring (bicyclic) bond motifs is 1. The number of benzene rings is 1. The normalized spacial score (nSPS) is 11.0. The highest BCUT2D eigenvalue weighted by atomic mass is 32.2. The molecule has 3 rings (SSSR count). The number of thiazole rings is 1. The van der Waals surface area contributed by atoms with Gasteiger partial charge in [0.1, 0.15) is 12.0 Å². The van der Waals surface area contributed by atoms with Crippen molar-refractivity contribution in [2.75, 3.05) is 6.61 Å². The van der Waals surface area contributed by atoms with Gasteiger partial charge in [-0.2, -0.15) is 0 Å². The van der Waals surface area contributed by atoms with Crippen LogP contribution in [0.25, 0.3) is 10.2 Å².